The van der Waals surface area contributed by atoms with E-state index in [0.29, 0.717) is 12.0 Å². The molecule has 0 saturated heterocycles. The zero-order valence-corrected chi connectivity index (χ0v) is 13.0. The number of ether oxygens (including phenoxy) is 1. The summed E-state index contributed by atoms with van der Waals surface area (Å²) in [5, 5.41) is 3.63. The normalized spacial score (nSPS) is 12.5. The maximum atomic E-state index is 5.15. The zero-order valence-electron chi connectivity index (χ0n) is 13.0. The predicted molar refractivity (Wildman–Crippen MR) is 88.7 cm³/mol. The fourth-order valence-corrected chi connectivity index (χ4v) is 2.51. The number of rotatable bonds is 8. The molecule has 2 rings (SSSR count). The quantitative estimate of drug-likeness (QED) is 0.795. The molecule has 0 radical (unpaired) electrons. The van der Waals surface area contributed by atoms with Gasteiger partial charge in [0, 0.05) is 32.2 Å². The van der Waals surface area contributed by atoms with E-state index in [1.807, 2.05) is 0 Å². The lowest BCUT2D eigenvalue weighted by Crippen LogP contribution is -2.31. The van der Waals surface area contributed by atoms with E-state index in [9.17, 15) is 0 Å². The SMILES string of the molecule is COCCC(C)NCC(c1ccccc1)c1ccccc1. The van der Waals surface area contributed by atoms with Crippen LogP contribution in [0.3, 0.4) is 0 Å². The summed E-state index contributed by atoms with van der Waals surface area (Å²) < 4.78 is 5.15. The fourth-order valence-electron chi connectivity index (χ4n) is 2.51. The summed E-state index contributed by atoms with van der Waals surface area (Å²) in [7, 11) is 1.75. The highest BCUT2D eigenvalue weighted by molar-refractivity contribution is 5.32. The Hall–Kier alpha value is -1.64. The van der Waals surface area contributed by atoms with E-state index >= 15 is 0 Å². The van der Waals surface area contributed by atoms with Gasteiger partial charge in [-0.2, -0.15) is 0 Å². The maximum Gasteiger partial charge on any atom is 0.0476 e. The van der Waals surface area contributed by atoms with Crippen molar-refractivity contribution in [1.29, 1.82) is 0 Å². The van der Waals surface area contributed by atoms with Crippen LogP contribution in [-0.4, -0.2) is 26.3 Å². The molecule has 2 aromatic carbocycles. The molecule has 0 fully saturated rings. The number of benzene rings is 2. The van der Waals surface area contributed by atoms with Crippen molar-refractivity contribution >= 4 is 0 Å². The lowest BCUT2D eigenvalue weighted by atomic mass is 9.91. The molecule has 0 spiro atoms. The van der Waals surface area contributed by atoms with Crippen molar-refractivity contribution in [3.63, 3.8) is 0 Å². The third kappa shape index (κ3) is 5.00. The van der Waals surface area contributed by atoms with Crippen LogP contribution < -0.4 is 5.32 Å². The van der Waals surface area contributed by atoms with Crippen molar-refractivity contribution in [3.8, 4) is 0 Å². The summed E-state index contributed by atoms with van der Waals surface area (Å²) in [4.78, 5) is 0. The van der Waals surface area contributed by atoms with Crippen molar-refractivity contribution in [2.75, 3.05) is 20.3 Å². The highest BCUT2D eigenvalue weighted by Gasteiger charge is 2.14. The molecule has 2 heteroatoms. The van der Waals surface area contributed by atoms with Crippen LogP contribution in [-0.2, 0) is 4.74 Å². The van der Waals surface area contributed by atoms with Crippen LogP contribution in [0.15, 0.2) is 60.7 Å². The molecule has 0 aliphatic carbocycles. The van der Waals surface area contributed by atoms with Gasteiger partial charge in [0.2, 0.25) is 0 Å². The number of methoxy groups -OCH3 is 1. The van der Waals surface area contributed by atoms with Gasteiger partial charge in [-0.05, 0) is 24.5 Å². The minimum absolute atomic E-state index is 0.386. The molecule has 2 aromatic rings. The molecule has 0 heterocycles. The summed E-state index contributed by atoms with van der Waals surface area (Å²) in [5.41, 5.74) is 2.71. The Morgan fingerprint density at radius 3 is 1.90 bits per heavy atom. The Kier molecular flexibility index (Phi) is 6.45. The second-order valence-corrected chi connectivity index (χ2v) is 5.46. The van der Waals surface area contributed by atoms with Gasteiger partial charge in [0.05, 0.1) is 0 Å². The molecule has 0 amide bonds. The molecule has 0 saturated carbocycles. The smallest absolute Gasteiger partial charge is 0.0476 e. The molecule has 1 atom stereocenters. The van der Waals surface area contributed by atoms with Gasteiger partial charge in [0.15, 0.2) is 0 Å². The van der Waals surface area contributed by atoms with E-state index in [2.05, 4.69) is 72.9 Å². The minimum Gasteiger partial charge on any atom is -0.385 e. The number of nitrogens with one attached hydrogen (secondary N) is 1. The minimum atomic E-state index is 0.386. The summed E-state index contributed by atoms with van der Waals surface area (Å²) >= 11 is 0. The van der Waals surface area contributed by atoms with Gasteiger partial charge in [0.25, 0.3) is 0 Å². The average Bonchev–Trinajstić information content (AvgIpc) is 2.55. The Morgan fingerprint density at radius 2 is 1.43 bits per heavy atom. The van der Waals surface area contributed by atoms with Crippen LogP contribution in [0.1, 0.15) is 30.4 Å². The Bertz CT molecular complexity index is 458. The summed E-state index contributed by atoms with van der Waals surface area (Å²) in [5.74, 6) is 0.386. The molecule has 1 unspecified atom stereocenters. The monoisotopic (exact) mass is 283 g/mol. The number of hydrogen-bond donors (Lipinski definition) is 1. The van der Waals surface area contributed by atoms with Crippen molar-refractivity contribution in [3.05, 3.63) is 71.8 Å². The molecule has 112 valence electrons. The van der Waals surface area contributed by atoms with Crippen LogP contribution in [0.25, 0.3) is 0 Å². The maximum absolute atomic E-state index is 5.15. The van der Waals surface area contributed by atoms with Gasteiger partial charge in [-0.25, -0.2) is 0 Å². The van der Waals surface area contributed by atoms with Gasteiger partial charge >= 0.3 is 0 Å². The van der Waals surface area contributed by atoms with Gasteiger partial charge in [-0.15, -0.1) is 0 Å². The van der Waals surface area contributed by atoms with E-state index in [1.165, 1.54) is 11.1 Å². The Balaban J connectivity index is 2.07. The molecule has 21 heavy (non-hydrogen) atoms. The van der Waals surface area contributed by atoms with Crippen LogP contribution in [0.5, 0.6) is 0 Å². The largest absolute Gasteiger partial charge is 0.385 e. The molecule has 0 aliphatic heterocycles. The number of hydrogen-bond acceptors (Lipinski definition) is 2. The van der Waals surface area contributed by atoms with Crippen molar-refractivity contribution in [1.82, 2.24) is 5.32 Å². The molecule has 0 bridgehead atoms. The van der Waals surface area contributed by atoms with E-state index < -0.39 is 0 Å². The summed E-state index contributed by atoms with van der Waals surface area (Å²) in [6.07, 6.45) is 1.03. The molecule has 2 nitrogen and oxygen atoms in total. The average molecular weight is 283 g/mol. The van der Waals surface area contributed by atoms with Crippen molar-refractivity contribution < 1.29 is 4.74 Å². The van der Waals surface area contributed by atoms with Gasteiger partial charge in [-0.1, -0.05) is 60.7 Å². The lowest BCUT2D eigenvalue weighted by molar-refractivity contribution is 0.185. The first-order chi connectivity index (χ1) is 10.3. The van der Waals surface area contributed by atoms with E-state index in [0.717, 1.165) is 19.6 Å². The van der Waals surface area contributed by atoms with Gasteiger partial charge < -0.3 is 10.1 Å². The third-order valence-electron chi connectivity index (χ3n) is 3.83. The van der Waals surface area contributed by atoms with Crippen LogP contribution in [0, 0.1) is 0 Å². The molecule has 0 aliphatic rings. The van der Waals surface area contributed by atoms with Crippen LogP contribution >= 0.6 is 0 Å². The third-order valence-corrected chi connectivity index (χ3v) is 3.83. The molecular weight excluding hydrogens is 258 g/mol. The first kappa shape index (κ1) is 15.7. The predicted octanol–water partition coefficient (Wildman–Crippen LogP) is 3.83. The van der Waals surface area contributed by atoms with Crippen molar-refractivity contribution in [2.45, 2.75) is 25.3 Å². The molecule has 1 N–H and O–H groups in total. The van der Waals surface area contributed by atoms with Gasteiger partial charge in [-0.3, -0.25) is 0 Å². The first-order valence-corrected chi connectivity index (χ1v) is 7.63. The summed E-state index contributed by atoms with van der Waals surface area (Å²) in [6, 6.07) is 21.9. The summed E-state index contributed by atoms with van der Waals surface area (Å²) in [6.45, 7) is 3.96. The second-order valence-electron chi connectivity index (χ2n) is 5.46. The van der Waals surface area contributed by atoms with E-state index in [-0.39, 0.29) is 0 Å². The lowest BCUT2D eigenvalue weighted by Gasteiger charge is -2.21. The Labute approximate surface area is 128 Å². The van der Waals surface area contributed by atoms with Crippen LogP contribution in [0.4, 0.5) is 0 Å². The Morgan fingerprint density at radius 1 is 0.905 bits per heavy atom. The fraction of sp³-hybridized carbons (Fsp3) is 0.368. The standard InChI is InChI=1S/C19H25NO/c1-16(13-14-21-2)20-15-19(17-9-5-3-6-10-17)18-11-7-4-8-12-18/h3-12,16,19-20H,13-15H2,1-2H3. The van der Waals surface area contributed by atoms with Gasteiger partial charge in [0.1, 0.15) is 0 Å². The molecular formula is C19H25NO. The van der Waals surface area contributed by atoms with E-state index in [1.54, 1.807) is 7.11 Å². The second kappa shape index (κ2) is 8.60. The highest BCUT2D eigenvalue weighted by atomic mass is 16.5. The van der Waals surface area contributed by atoms with Crippen molar-refractivity contribution in [2.24, 2.45) is 0 Å². The zero-order chi connectivity index (χ0) is 14.9. The highest BCUT2D eigenvalue weighted by Crippen LogP contribution is 2.23. The van der Waals surface area contributed by atoms with Crippen LogP contribution in [0.2, 0.25) is 0 Å². The molecule has 0 aromatic heterocycles. The van der Waals surface area contributed by atoms with E-state index in [4.69, 9.17) is 4.74 Å². The first-order valence-electron chi connectivity index (χ1n) is 7.63. The topological polar surface area (TPSA) is 21.3 Å².